The fraction of sp³-hybridized carbons (Fsp3) is 0.500. The first-order valence-corrected chi connectivity index (χ1v) is 5.44. The van der Waals surface area contributed by atoms with E-state index in [1.165, 1.54) is 7.11 Å². The molecule has 0 fully saturated rings. The monoisotopic (exact) mass is 239 g/mol. The number of aliphatic hydroxyl groups excluding tert-OH is 1. The highest BCUT2D eigenvalue weighted by atomic mass is 16.5. The number of pyridine rings is 1. The fourth-order valence-corrected chi connectivity index (χ4v) is 1.34. The number of aryl methyl sites for hydroxylation is 1. The van der Waals surface area contributed by atoms with Crippen molar-refractivity contribution in [3.63, 3.8) is 0 Å². The van der Waals surface area contributed by atoms with E-state index in [0.717, 1.165) is 5.69 Å². The summed E-state index contributed by atoms with van der Waals surface area (Å²) in [5.74, 6) is 0.306. The van der Waals surface area contributed by atoms with Crippen molar-refractivity contribution in [3.05, 3.63) is 23.5 Å². The van der Waals surface area contributed by atoms with Gasteiger partial charge in [0.25, 0.3) is 0 Å². The van der Waals surface area contributed by atoms with Crippen LogP contribution >= 0.6 is 0 Å². The molecule has 1 rings (SSSR count). The maximum atomic E-state index is 10.9. The lowest BCUT2D eigenvalue weighted by molar-refractivity contribution is -0.140. The highest BCUT2D eigenvalue weighted by Crippen LogP contribution is 2.17. The van der Waals surface area contributed by atoms with Crippen LogP contribution in [0.2, 0.25) is 0 Å². The summed E-state index contributed by atoms with van der Waals surface area (Å²) < 4.78 is 9.96. The molecule has 0 aliphatic carbocycles. The molecule has 0 bridgehead atoms. The second-order valence-electron chi connectivity index (χ2n) is 3.58. The van der Waals surface area contributed by atoms with E-state index in [2.05, 4.69) is 9.72 Å². The van der Waals surface area contributed by atoms with Gasteiger partial charge in [0, 0.05) is 12.1 Å². The van der Waals surface area contributed by atoms with Gasteiger partial charge in [-0.3, -0.25) is 9.78 Å². The van der Waals surface area contributed by atoms with Gasteiger partial charge < -0.3 is 14.6 Å². The zero-order chi connectivity index (χ0) is 12.7. The van der Waals surface area contributed by atoms with Crippen LogP contribution in [-0.4, -0.2) is 29.8 Å². The number of rotatable bonds is 6. The molecular formula is C12H17NO4. The van der Waals surface area contributed by atoms with Crippen molar-refractivity contribution in [2.24, 2.45) is 0 Å². The summed E-state index contributed by atoms with van der Waals surface area (Å²) in [4.78, 5) is 15.0. The Hall–Kier alpha value is -1.62. The first kappa shape index (κ1) is 13.4. The molecule has 0 radical (unpaired) electrons. The van der Waals surface area contributed by atoms with Crippen molar-refractivity contribution in [1.82, 2.24) is 4.98 Å². The number of hydrogen-bond donors (Lipinski definition) is 1. The molecule has 5 heteroatoms. The molecule has 1 aromatic rings. The van der Waals surface area contributed by atoms with Crippen LogP contribution in [0.15, 0.2) is 12.1 Å². The fourth-order valence-electron chi connectivity index (χ4n) is 1.34. The van der Waals surface area contributed by atoms with Gasteiger partial charge in [0.2, 0.25) is 0 Å². The number of methoxy groups -OCH3 is 1. The number of esters is 1. The molecule has 0 aliphatic heterocycles. The highest BCUT2D eigenvalue weighted by molar-refractivity contribution is 5.69. The number of hydrogen-bond acceptors (Lipinski definition) is 5. The Morgan fingerprint density at radius 1 is 1.47 bits per heavy atom. The Morgan fingerprint density at radius 2 is 2.24 bits per heavy atom. The molecule has 0 amide bonds. The van der Waals surface area contributed by atoms with Crippen LogP contribution in [0.5, 0.6) is 5.75 Å². The number of ether oxygens (including phenoxy) is 2. The largest absolute Gasteiger partial charge is 0.492 e. The second kappa shape index (κ2) is 6.85. The van der Waals surface area contributed by atoms with Gasteiger partial charge in [-0.2, -0.15) is 0 Å². The topological polar surface area (TPSA) is 68.7 Å². The van der Waals surface area contributed by atoms with Crippen LogP contribution in [0, 0.1) is 6.92 Å². The Kier molecular flexibility index (Phi) is 5.42. The molecular weight excluding hydrogens is 222 g/mol. The first-order chi connectivity index (χ1) is 8.17. The lowest BCUT2D eigenvalue weighted by atomic mass is 10.3. The lowest BCUT2D eigenvalue weighted by Crippen LogP contribution is -2.06. The Morgan fingerprint density at radius 3 is 2.88 bits per heavy atom. The minimum absolute atomic E-state index is 0.159. The average molecular weight is 239 g/mol. The molecule has 1 heterocycles. The van der Waals surface area contributed by atoms with Crippen molar-refractivity contribution < 1.29 is 19.4 Å². The molecule has 0 saturated heterocycles. The van der Waals surface area contributed by atoms with E-state index in [9.17, 15) is 4.79 Å². The zero-order valence-corrected chi connectivity index (χ0v) is 10.1. The molecule has 0 saturated carbocycles. The molecule has 5 nitrogen and oxygen atoms in total. The number of carbonyl (C=O) groups is 1. The Labute approximate surface area is 100 Å². The summed E-state index contributed by atoms with van der Waals surface area (Å²) in [6.45, 7) is 2.08. The van der Waals surface area contributed by atoms with Crippen LogP contribution in [0.3, 0.4) is 0 Å². The minimum Gasteiger partial charge on any atom is -0.492 e. The zero-order valence-electron chi connectivity index (χ0n) is 10.1. The van der Waals surface area contributed by atoms with Crippen LogP contribution in [0.1, 0.15) is 24.2 Å². The summed E-state index contributed by atoms with van der Waals surface area (Å²) in [7, 11) is 1.36. The minimum atomic E-state index is -0.252. The summed E-state index contributed by atoms with van der Waals surface area (Å²) >= 11 is 0. The average Bonchev–Trinajstić information content (AvgIpc) is 2.35. The Balaban J connectivity index is 2.43. The molecule has 94 valence electrons. The van der Waals surface area contributed by atoms with Gasteiger partial charge in [-0.25, -0.2) is 0 Å². The molecule has 1 N–H and O–H groups in total. The number of aliphatic hydroxyl groups is 1. The predicted octanol–water partition coefficient (Wildman–Crippen LogP) is 1.21. The van der Waals surface area contributed by atoms with E-state index < -0.39 is 0 Å². The lowest BCUT2D eigenvalue weighted by Gasteiger charge is -2.09. The molecule has 0 aliphatic rings. The van der Waals surface area contributed by atoms with Gasteiger partial charge in [-0.15, -0.1) is 0 Å². The van der Waals surface area contributed by atoms with Crippen LogP contribution in [0.25, 0.3) is 0 Å². The van der Waals surface area contributed by atoms with Crippen LogP contribution in [0.4, 0.5) is 0 Å². The third-order valence-electron chi connectivity index (χ3n) is 2.23. The molecule has 0 aromatic carbocycles. The van der Waals surface area contributed by atoms with E-state index in [0.29, 0.717) is 30.9 Å². The van der Waals surface area contributed by atoms with Crippen LogP contribution in [-0.2, 0) is 16.1 Å². The molecule has 1 aromatic heterocycles. The standard InChI is InChI=1S/C12H17NO4/c1-9-5-6-11(10(8-14)13-9)17-7-3-4-12(15)16-2/h5-6,14H,3-4,7-8H2,1-2H3. The molecule has 0 spiro atoms. The van der Waals surface area contributed by atoms with Gasteiger partial charge in [0.1, 0.15) is 11.4 Å². The Bertz CT molecular complexity index is 379. The quantitative estimate of drug-likeness (QED) is 0.597. The van der Waals surface area contributed by atoms with Gasteiger partial charge in [-0.1, -0.05) is 0 Å². The summed E-state index contributed by atoms with van der Waals surface area (Å²) in [6, 6.07) is 3.58. The summed E-state index contributed by atoms with van der Waals surface area (Å²) in [6.07, 6.45) is 0.898. The van der Waals surface area contributed by atoms with E-state index >= 15 is 0 Å². The summed E-state index contributed by atoms with van der Waals surface area (Å²) in [5.41, 5.74) is 1.35. The van der Waals surface area contributed by atoms with Crippen molar-refractivity contribution in [2.45, 2.75) is 26.4 Å². The molecule has 17 heavy (non-hydrogen) atoms. The van der Waals surface area contributed by atoms with Crippen LogP contribution < -0.4 is 4.74 Å². The number of nitrogens with zero attached hydrogens (tertiary/aromatic N) is 1. The van der Waals surface area contributed by atoms with Gasteiger partial charge in [-0.05, 0) is 25.5 Å². The van der Waals surface area contributed by atoms with E-state index in [-0.39, 0.29) is 12.6 Å². The molecule has 0 atom stereocenters. The van der Waals surface area contributed by atoms with Crippen molar-refractivity contribution in [1.29, 1.82) is 0 Å². The maximum Gasteiger partial charge on any atom is 0.305 e. The third kappa shape index (κ3) is 4.40. The van der Waals surface area contributed by atoms with E-state index in [4.69, 9.17) is 9.84 Å². The SMILES string of the molecule is COC(=O)CCCOc1ccc(C)nc1CO. The maximum absolute atomic E-state index is 10.9. The molecule has 0 unspecified atom stereocenters. The van der Waals surface area contributed by atoms with E-state index in [1.807, 2.05) is 13.0 Å². The summed E-state index contributed by atoms with van der Waals surface area (Å²) in [5, 5.41) is 9.11. The van der Waals surface area contributed by atoms with Crippen molar-refractivity contribution in [3.8, 4) is 5.75 Å². The number of aromatic nitrogens is 1. The normalized spacial score (nSPS) is 10.1. The van der Waals surface area contributed by atoms with Crippen molar-refractivity contribution in [2.75, 3.05) is 13.7 Å². The first-order valence-electron chi connectivity index (χ1n) is 5.44. The highest BCUT2D eigenvalue weighted by Gasteiger charge is 2.05. The smallest absolute Gasteiger partial charge is 0.305 e. The van der Waals surface area contributed by atoms with Gasteiger partial charge in [0.15, 0.2) is 0 Å². The third-order valence-corrected chi connectivity index (χ3v) is 2.23. The number of carbonyl (C=O) groups excluding carboxylic acids is 1. The van der Waals surface area contributed by atoms with Crippen molar-refractivity contribution >= 4 is 5.97 Å². The predicted molar refractivity (Wildman–Crippen MR) is 61.6 cm³/mol. The van der Waals surface area contributed by atoms with Gasteiger partial charge >= 0.3 is 5.97 Å². The van der Waals surface area contributed by atoms with E-state index in [1.54, 1.807) is 6.07 Å². The van der Waals surface area contributed by atoms with Gasteiger partial charge in [0.05, 0.1) is 20.3 Å². The second-order valence-corrected chi connectivity index (χ2v) is 3.58.